The van der Waals surface area contributed by atoms with Gasteiger partial charge >= 0.3 is 0 Å². The van der Waals surface area contributed by atoms with Crippen molar-refractivity contribution >= 4 is 55.1 Å². The monoisotopic (exact) mass is 466 g/mol. The fourth-order valence-corrected chi connectivity index (χ4v) is 3.08. The van der Waals surface area contributed by atoms with Gasteiger partial charge < -0.3 is 10.6 Å². The number of anilines is 4. The molecule has 9 heteroatoms. The lowest BCUT2D eigenvalue weighted by Crippen LogP contribution is -2.02. The van der Waals surface area contributed by atoms with E-state index in [1.807, 2.05) is 6.07 Å². The van der Waals surface area contributed by atoms with Crippen molar-refractivity contribution in [2.24, 2.45) is 0 Å². The molecule has 0 saturated heterocycles. The number of rotatable bonds is 5. The molecule has 0 radical (unpaired) electrons. The van der Waals surface area contributed by atoms with Crippen LogP contribution in [0.15, 0.2) is 39.4 Å². The normalized spacial score (nSPS) is 13.7. The minimum atomic E-state index is -0.317. The van der Waals surface area contributed by atoms with E-state index >= 15 is 0 Å². The maximum Gasteiger partial charge on any atom is 0.229 e. The highest BCUT2D eigenvalue weighted by Gasteiger charge is 2.26. The summed E-state index contributed by atoms with van der Waals surface area (Å²) in [5.74, 6) is 2.02. The van der Waals surface area contributed by atoms with E-state index in [2.05, 4.69) is 62.7 Å². The molecule has 3 aromatic rings. The van der Waals surface area contributed by atoms with Gasteiger partial charge in [0.25, 0.3) is 0 Å². The van der Waals surface area contributed by atoms with Crippen LogP contribution in [-0.4, -0.2) is 20.2 Å². The summed E-state index contributed by atoms with van der Waals surface area (Å²) >= 11 is 6.75. The maximum absolute atomic E-state index is 13.2. The predicted octanol–water partition coefficient (Wildman–Crippen LogP) is 5.23. The smallest absolute Gasteiger partial charge is 0.229 e. The molecule has 3 N–H and O–H groups in total. The zero-order valence-electron chi connectivity index (χ0n) is 12.9. The number of nitrogens with one attached hydrogen (secondary N) is 3. The molecule has 0 aliphatic heterocycles. The van der Waals surface area contributed by atoms with E-state index in [9.17, 15) is 4.39 Å². The molecule has 6 nitrogen and oxygen atoms in total. The molecule has 1 aromatic carbocycles. The third-order valence-corrected chi connectivity index (χ3v) is 5.00. The maximum atomic E-state index is 13.2. The lowest BCUT2D eigenvalue weighted by atomic mass is 10.3. The van der Waals surface area contributed by atoms with E-state index < -0.39 is 0 Å². The Morgan fingerprint density at radius 2 is 1.96 bits per heavy atom. The summed E-state index contributed by atoms with van der Waals surface area (Å²) in [4.78, 5) is 8.69. The van der Waals surface area contributed by atoms with Crippen molar-refractivity contribution in [1.29, 1.82) is 0 Å². The van der Waals surface area contributed by atoms with Crippen molar-refractivity contribution in [2.45, 2.75) is 18.8 Å². The SMILES string of the molecule is Fc1ccc(Nc2ncc(Br)c(Nc3cc(C4CC4)n[nH]3)n2)c(Br)c1. The molecule has 128 valence electrons. The first kappa shape index (κ1) is 16.5. The highest BCUT2D eigenvalue weighted by Crippen LogP contribution is 2.39. The average molecular weight is 468 g/mol. The molecular weight excluding hydrogens is 455 g/mol. The average Bonchev–Trinajstić information content (AvgIpc) is 3.33. The number of nitrogens with zero attached hydrogens (tertiary/aromatic N) is 3. The van der Waals surface area contributed by atoms with Gasteiger partial charge in [0.1, 0.15) is 11.6 Å². The molecular formula is C16H13Br2FN6. The molecule has 4 rings (SSSR count). The number of aromatic nitrogens is 4. The van der Waals surface area contributed by atoms with E-state index in [0.717, 1.165) is 16.0 Å². The van der Waals surface area contributed by atoms with Gasteiger partial charge in [-0.15, -0.1) is 0 Å². The Labute approximate surface area is 159 Å². The Kier molecular flexibility index (Phi) is 4.43. The first-order chi connectivity index (χ1) is 12.1. The van der Waals surface area contributed by atoms with Crippen LogP contribution in [0.4, 0.5) is 27.7 Å². The summed E-state index contributed by atoms with van der Waals surface area (Å²) in [5.41, 5.74) is 1.74. The van der Waals surface area contributed by atoms with Crippen LogP contribution in [0.25, 0.3) is 0 Å². The van der Waals surface area contributed by atoms with Crippen LogP contribution < -0.4 is 10.6 Å². The first-order valence-electron chi connectivity index (χ1n) is 7.65. The van der Waals surface area contributed by atoms with Crippen LogP contribution in [0.2, 0.25) is 0 Å². The van der Waals surface area contributed by atoms with Crippen molar-refractivity contribution in [3.05, 3.63) is 50.9 Å². The van der Waals surface area contributed by atoms with E-state index in [-0.39, 0.29) is 5.82 Å². The summed E-state index contributed by atoms with van der Waals surface area (Å²) in [6.45, 7) is 0. The molecule has 25 heavy (non-hydrogen) atoms. The van der Waals surface area contributed by atoms with Crippen molar-refractivity contribution in [2.75, 3.05) is 10.6 Å². The van der Waals surface area contributed by atoms with Gasteiger partial charge in [0.2, 0.25) is 5.95 Å². The second-order valence-electron chi connectivity index (χ2n) is 5.75. The number of aromatic amines is 1. The number of benzene rings is 1. The Morgan fingerprint density at radius 3 is 2.72 bits per heavy atom. The highest BCUT2D eigenvalue weighted by molar-refractivity contribution is 9.11. The van der Waals surface area contributed by atoms with Crippen molar-refractivity contribution < 1.29 is 4.39 Å². The molecule has 1 aliphatic rings. The molecule has 1 saturated carbocycles. The first-order valence-corrected chi connectivity index (χ1v) is 9.24. The van der Waals surface area contributed by atoms with Gasteiger partial charge in [0.15, 0.2) is 5.82 Å². The number of hydrogen-bond acceptors (Lipinski definition) is 5. The van der Waals surface area contributed by atoms with E-state index in [4.69, 9.17) is 0 Å². The molecule has 0 bridgehead atoms. The molecule has 0 unspecified atom stereocenters. The van der Waals surface area contributed by atoms with Gasteiger partial charge in [-0.3, -0.25) is 5.10 Å². The van der Waals surface area contributed by atoms with Crippen LogP contribution in [0.1, 0.15) is 24.5 Å². The summed E-state index contributed by atoms with van der Waals surface area (Å²) in [5, 5.41) is 13.5. The molecule has 0 amide bonds. The molecule has 2 aromatic heterocycles. The quantitative estimate of drug-likeness (QED) is 0.478. The van der Waals surface area contributed by atoms with Crippen LogP contribution in [0.5, 0.6) is 0 Å². The van der Waals surface area contributed by atoms with Gasteiger partial charge in [0.05, 0.1) is 15.9 Å². The Morgan fingerprint density at radius 1 is 1.12 bits per heavy atom. The topological polar surface area (TPSA) is 78.5 Å². The molecule has 1 fully saturated rings. The largest absolute Gasteiger partial charge is 0.324 e. The zero-order chi connectivity index (χ0) is 17.4. The van der Waals surface area contributed by atoms with Gasteiger partial charge in [0, 0.05) is 22.7 Å². The minimum Gasteiger partial charge on any atom is -0.324 e. The van der Waals surface area contributed by atoms with Crippen LogP contribution >= 0.6 is 31.9 Å². The Hall–Kier alpha value is -2.00. The Bertz CT molecular complexity index is 925. The second kappa shape index (κ2) is 6.72. The van der Waals surface area contributed by atoms with E-state index in [1.165, 1.54) is 25.0 Å². The van der Waals surface area contributed by atoms with Crippen LogP contribution in [0, 0.1) is 5.82 Å². The van der Waals surface area contributed by atoms with Crippen molar-refractivity contribution in [3.63, 3.8) is 0 Å². The minimum absolute atomic E-state index is 0.317. The standard InChI is InChI=1S/C16H13Br2FN6/c17-10-5-9(19)3-4-12(10)21-16-20-7-11(18)15(23-16)22-14-6-13(24-25-14)8-1-2-8/h3-8H,1-2H2,(H3,20,21,22,23,24,25). The fourth-order valence-electron chi connectivity index (χ4n) is 2.34. The third kappa shape index (κ3) is 3.82. The van der Waals surface area contributed by atoms with Gasteiger partial charge in [-0.05, 0) is 62.9 Å². The van der Waals surface area contributed by atoms with Gasteiger partial charge in [-0.25, -0.2) is 9.37 Å². The highest BCUT2D eigenvalue weighted by atomic mass is 79.9. The van der Waals surface area contributed by atoms with Gasteiger partial charge in [-0.2, -0.15) is 10.1 Å². The molecule has 2 heterocycles. The third-order valence-electron chi connectivity index (χ3n) is 3.77. The van der Waals surface area contributed by atoms with Crippen molar-refractivity contribution in [1.82, 2.24) is 20.2 Å². The number of hydrogen-bond donors (Lipinski definition) is 3. The summed E-state index contributed by atoms with van der Waals surface area (Å²) in [6.07, 6.45) is 4.04. The number of halogens is 3. The van der Waals surface area contributed by atoms with Gasteiger partial charge in [-0.1, -0.05) is 0 Å². The lowest BCUT2D eigenvalue weighted by Gasteiger charge is -2.10. The molecule has 1 aliphatic carbocycles. The van der Waals surface area contributed by atoms with E-state index in [1.54, 1.807) is 12.3 Å². The summed E-state index contributed by atoms with van der Waals surface area (Å²) < 4.78 is 14.5. The molecule has 0 atom stereocenters. The summed E-state index contributed by atoms with van der Waals surface area (Å²) in [7, 11) is 0. The van der Waals surface area contributed by atoms with Crippen LogP contribution in [-0.2, 0) is 0 Å². The fraction of sp³-hybridized carbons (Fsp3) is 0.188. The van der Waals surface area contributed by atoms with Crippen LogP contribution in [0.3, 0.4) is 0 Å². The molecule has 0 spiro atoms. The second-order valence-corrected chi connectivity index (χ2v) is 7.45. The zero-order valence-corrected chi connectivity index (χ0v) is 16.0. The predicted molar refractivity (Wildman–Crippen MR) is 101 cm³/mol. The summed E-state index contributed by atoms with van der Waals surface area (Å²) in [6, 6.07) is 6.37. The van der Waals surface area contributed by atoms with Crippen molar-refractivity contribution in [3.8, 4) is 0 Å². The Balaban J connectivity index is 1.55. The lowest BCUT2D eigenvalue weighted by molar-refractivity contribution is 0.627. The number of H-pyrrole nitrogens is 1. The van der Waals surface area contributed by atoms with E-state index in [0.29, 0.717) is 27.8 Å².